The summed E-state index contributed by atoms with van der Waals surface area (Å²) < 4.78 is 4.57. The molecule has 3 nitrogen and oxygen atoms in total. The molecule has 0 unspecified atom stereocenters. The zero-order valence-corrected chi connectivity index (χ0v) is 8.46. The number of esters is 1. The first-order valence-corrected chi connectivity index (χ1v) is 4.38. The van der Waals surface area contributed by atoms with Crippen LogP contribution in [0.25, 0.3) is 0 Å². The van der Waals surface area contributed by atoms with Gasteiger partial charge in [0.2, 0.25) is 0 Å². The van der Waals surface area contributed by atoms with E-state index >= 15 is 0 Å². The molecule has 0 radical (unpaired) electrons. The quantitative estimate of drug-likeness (QED) is 0.586. The van der Waals surface area contributed by atoms with Crippen molar-refractivity contribution in [1.82, 2.24) is 4.90 Å². The van der Waals surface area contributed by atoms with Gasteiger partial charge in [0, 0.05) is 6.04 Å². The Labute approximate surface area is 74.7 Å². The summed E-state index contributed by atoms with van der Waals surface area (Å²) in [4.78, 5) is 12.9. The molecule has 1 atom stereocenters. The first kappa shape index (κ1) is 11.4. The molecule has 0 aromatic rings. The van der Waals surface area contributed by atoms with Gasteiger partial charge in [0.15, 0.2) is 0 Å². The molecule has 0 N–H and O–H groups in total. The lowest BCUT2D eigenvalue weighted by molar-refractivity contribution is -0.142. The largest absolute Gasteiger partial charge is 0.468 e. The van der Waals surface area contributed by atoms with Crippen molar-refractivity contribution in [2.75, 3.05) is 20.7 Å². The molecule has 0 spiro atoms. The molecule has 0 heterocycles. The highest BCUT2D eigenvalue weighted by molar-refractivity contribution is 5.71. The summed E-state index contributed by atoms with van der Waals surface area (Å²) in [6, 6.07) is 0.453. The van der Waals surface area contributed by atoms with Crippen molar-refractivity contribution in [1.29, 1.82) is 0 Å². The number of hydrogen-bond acceptors (Lipinski definition) is 3. The molecule has 0 aromatic heterocycles. The summed E-state index contributed by atoms with van der Waals surface area (Å²) in [5, 5.41) is 0. The summed E-state index contributed by atoms with van der Waals surface area (Å²) in [6.45, 7) is 4.65. The maximum absolute atomic E-state index is 10.9. The molecule has 0 bridgehead atoms. The van der Waals surface area contributed by atoms with E-state index in [0.29, 0.717) is 12.6 Å². The molecular formula is C9H19NO2. The predicted molar refractivity (Wildman–Crippen MR) is 49.0 cm³/mol. The van der Waals surface area contributed by atoms with Gasteiger partial charge in [0.1, 0.15) is 0 Å². The van der Waals surface area contributed by atoms with Crippen molar-refractivity contribution in [3.8, 4) is 0 Å². The van der Waals surface area contributed by atoms with E-state index in [9.17, 15) is 4.79 Å². The van der Waals surface area contributed by atoms with Gasteiger partial charge in [-0.05, 0) is 20.4 Å². The Balaban J connectivity index is 3.69. The van der Waals surface area contributed by atoms with E-state index in [2.05, 4.69) is 18.6 Å². The molecule has 3 heteroatoms. The van der Waals surface area contributed by atoms with Gasteiger partial charge in [-0.15, -0.1) is 0 Å². The lowest BCUT2D eigenvalue weighted by Gasteiger charge is -2.22. The number of rotatable bonds is 5. The van der Waals surface area contributed by atoms with Crippen molar-refractivity contribution in [2.45, 2.75) is 32.7 Å². The number of likely N-dealkylation sites (N-methyl/N-ethyl adjacent to an activating group) is 1. The van der Waals surface area contributed by atoms with Gasteiger partial charge in [0.25, 0.3) is 0 Å². The minimum absolute atomic E-state index is 0.166. The monoisotopic (exact) mass is 173 g/mol. The van der Waals surface area contributed by atoms with Crippen LogP contribution in [-0.2, 0) is 9.53 Å². The minimum Gasteiger partial charge on any atom is -0.468 e. The third kappa shape index (κ3) is 4.34. The highest BCUT2D eigenvalue weighted by Gasteiger charge is 2.11. The summed E-state index contributed by atoms with van der Waals surface area (Å²) in [7, 11) is 3.36. The van der Waals surface area contributed by atoms with Gasteiger partial charge < -0.3 is 4.74 Å². The zero-order chi connectivity index (χ0) is 9.56. The molecule has 0 saturated heterocycles. The molecule has 12 heavy (non-hydrogen) atoms. The molecule has 0 aliphatic heterocycles. The van der Waals surface area contributed by atoms with Crippen molar-refractivity contribution in [3.05, 3.63) is 0 Å². The minimum atomic E-state index is -0.166. The number of ether oxygens (including phenoxy) is 1. The number of methoxy groups -OCH3 is 1. The normalized spacial score (nSPS) is 13.1. The van der Waals surface area contributed by atoms with E-state index in [1.54, 1.807) is 0 Å². The molecule has 0 amide bonds. The smallest absolute Gasteiger partial charge is 0.319 e. The topological polar surface area (TPSA) is 29.5 Å². The van der Waals surface area contributed by atoms with Crippen LogP contribution in [0.1, 0.15) is 26.7 Å². The Morgan fingerprint density at radius 1 is 1.58 bits per heavy atom. The Hall–Kier alpha value is -0.570. The second-order valence-corrected chi connectivity index (χ2v) is 3.13. The SMILES string of the molecule is CCC[C@@H](C)N(C)CC(=O)OC. The Morgan fingerprint density at radius 2 is 2.17 bits per heavy atom. The average molecular weight is 173 g/mol. The molecule has 0 fully saturated rings. The molecule has 0 aliphatic rings. The van der Waals surface area contributed by atoms with Crippen molar-refractivity contribution in [3.63, 3.8) is 0 Å². The van der Waals surface area contributed by atoms with Gasteiger partial charge in [-0.1, -0.05) is 13.3 Å². The first-order chi connectivity index (χ1) is 5.61. The van der Waals surface area contributed by atoms with E-state index in [0.717, 1.165) is 12.8 Å². The van der Waals surface area contributed by atoms with E-state index in [1.165, 1.54) is 7.11 Å². The highest BCUT2D eigenvalue weighted by Crippen LogP contribution is 2.03. The van der Waals surface area contributed by atoms with Crippen molar-refractivity contribution >= 4 is 5.97 Å². The molecular weight excluding hydrogens is 154 g/mol. The van der Waals surface area contributed by atoms with Crippen LogP contribution in [-0.4, -0.2) is 37.6 Å². The Bertz CT molecular complexity index is 136. The molecule has 0 saturated carbocycles. The van der Waals surface area contributed by atoms with Crippen LogP contribution in [0.2, 0.25) is 0 Å². The fraction of sp³-hybridized carbons (Fsp3) is 0.889. The highest BCUT2D eigenvalue weighted by atomic mass is 16.5. The predicted octanol–water partition coefficient (Wildman–Crippen LogP) is 1.28. The second kappa shape index (κ2) is 6.00. The summed E-state index contributed by atoms with van der Waals surface area (Å²) in [6.07, 6.45) is 2.26. The van der Waals surface area contributed by atoms with E-state index in [1.807, 2.05) is 11.9 Å². The number of hydrogen-bond donors (Lipinski definition) is 0. The third-order valence-electron chi connectivity index (χ3n) is 2.07. The van der Waals surface area contributed by atoms with Crippen LogP contribution in [0.3, 0.4) is 0 Å². The lowest BCUT2D eigenvalue weighted by Crippen LogP contribution is -2.34. The average Bonchev–Trinajstić information content (AvgIpc) is 2.04. The Morgan fingerprint density at radius 3 is 2.58 bits per heavy atom. The number of nitrogens with zero attached hydrogens (tertiary/aromatic N) is 1. The summed E-state index contributed by atoms with van der Waals surface area (Å²) >= 11 is 0. The third-order valence-corrected chi connectivity index (χ3v) is 2.07. The molecule has 0 aliphatic carbocycles. The van der Waals surface area contributed by atoms with Gasteiger partial charge in [-0.2, -0.15) is 0 Å². The number of carbonyl (C=O) groups is 1. The van der Waals surface area contributed by atoms with E-state index in [4.69, 9.17) is 0 Å². The number of carbonyl (C=O) groups excluding carboxylic acids is 1. The maximum atomic E-state index is 10.9. The van der Waals surface area contributed by atoms with Crippen molar-refractivity contribution in [2.24, 2.45) is 0 Å². The second-order valence-electron chi connectivity index (χ2n) is 3.13. The van der Waals surface area contributed by atoms with Crippen LogP contribution in [0.5, 0.6) is 0 Å². The molecule has 0 aromatic carbocycles. The van der Waals surface area contributed by atoms with Crippen LogP contribution >= 0.6 is 0 Å². The van der Waals surface area contributed by atoms with Gasteiger partial charge in [-0.25, -0.2) is 0 Å². The van der Waals surface area contributed by atoms with Gasteiger partial charge >= 0.3 is 5.97 Å². The Kier molecular flexibility index (Phi) is 5.72. The van der Waals surface area contributed by atoms with Crippen LogP contribution < -0.4 is 0 Å². The van der Waals surface area contributed by atoms with Gasteiger partial charge in [0.05, 0.1) is 13.7 Å². The lowest BCUT2D eigenvalue weighted by atomic mass is 10.2. The summed E-state index contributed by atoms with van der Waals surface area (Å²) in [5.74, 6) is -0.166. The van der Waals surface area contributed by atoms with E-state index < -0.39 is 0 Å². The van der Waals surface area contributed by atoms with Gasteiger partial charge in [-0.3, -0.25) is 9.69 Å². The summed E-state index contributed by atoms with van der Waals surface area (Å²) in [5.41, 5.74) is 0. The molecule has 0 rings (SSSR count). The first-order valence-electron chi connectivity index (χ1n) is 4.38. The van der Waals surface area contributed by atoms with Crippen LogP contribution in [0, 0.1) is 0 Å². The maximum Gasteiger partial charge on any atom is 0.319 e. The standard InChI is InChI=1S/C9H19NO2/c1-5-6-8(2)10(3)7-9(11)12-4/h8H,5-7H2,1-4H3/t8-/m1/s1. The fourth-order valence-corrected chi connectivity index (χ4v) is 1.06. The van der Waals surface area contributed by atoms with Crippen LogP contribution in [0.4, 0.5) is 0 Å². The van der Waals surface area contributed by atoms with Crippen LogP contribution in [0.15, 0.2) is 0 Å². The molecule has 72 valence electrons. The fourth-order valence-electron chi connectivity index (χ4n) is 1.06. The van der Waals surface area contributed by atoms with E-state index in [-0.39, 0.29) is 5.97 Å². The van der Waals surface area contributed by atoms with Crippen molar-refractivity contribution < 1.29 is 9.53 Å². The zero-order valence-electron chi connectivity index (χ0n) is 8.46.